The second kappa shape index (κ2) is 9.98. The van der Waals surface area contributed by atoms with Gasteiger partial charge in [-0.2, -0.15) is 0 Å². The van der Waals surface area contributed by atoms with Gasteiger partial charge < -0.3 is 5.32 Å². The maximum atomic E-state index is 11.2. The first-order valence-electron chi connectivity index (χ1n) is 7.55. The molecule has 3 nitrogen and oxygen atoms in total. The predicted molar refractivity (Wildman–Crippen MR) is 76.5 cm³/mol. The van der Waals surface area contributed by atoms with E-state index in [1.54, 1.807) is 4.90 Å². The predicted octanol–water partition coefficient (Wildman–Crippen LogP) is 4.06. The Kier molecular flexibility index (Phi) is 8.36. The minimum Gasteiger partial charge on any atom is -0.336 e. The summed E-state index contributed by atoms with van der Waals surface area (Å²) in [4.78, 5) is 13.0. The maximum Gasteiger partial charge on any atom is 0.321 e. The fraction of sp³-hybridized carbons (Fsp3) is 0.800. The van der Waals surface area contributed by atoms with E-state index in [2.05, 4.69) is 18.3 Å². The van der Waals surface area contributed by atoms with Crippen LogP contribution in [-0.2, 0) is 0 Å². The van der Waals surface area contributed by atoms with E-state index in [-0.39, 0.29) is 6.03 Å². The smallest absolute Gasteiger partial charge is 0.321 e. The second-order valence-electron chi connectivity index (χ2n) is 5.07. The van der Waals surface area contributed by atoms with Crippen molar-refractivity contribution in [3.8, 4) is 0 Å². The molecule has 0 bridgehead atoms. The third kappa shape index (κ3) is 6.67. The number of unbranched alkanes of at least 4 members (excludes halogenated alkanes) is 8. The molecular formula is C15H28N2O. The molecule has 0 aliphatic carbocycles. The summed E-state index contributed by atoms with van der Waals surface area (Å²) in [7, 11) is 0. The largest absolute Gasteiger partial charge is 0.336 e. The van der Waals surface area contributed by atoms with Crippen molar-refractivity contribution >= 4 is 6.03 Å². The number of hydrogen-bond donors (Lipinski definition) is 1. The molecule has 1 fully saturated rings. The van der Waals surface area contributed by atoms with Crippen molar-refractivity contribution in [3.05, 3.63) is 12.3 Å². The molecule has 0 saturated carbocycles. The molecule has 18 heavy (non-hydrogen) atoms. The van der Waals surface area contributed by atoms with Crippen LogP contribution < -0.4 is 5.32 Å². The highest BCUT2D eigenvalue weighted by Crippen LogP contribution is 2.10. The number of amides is 2. The van der Waals surface area contributed by atoms with E-state index in [1.165, 1.54) is 51.4 Å². The maximum absolute atomic E-state index is 11.2. The first-order chi connectivity index (χ1) is 8.84. The van der Waals surface area contributed by atoms with Gasteiger partial charge in [-0.15, -0.1) is 0 Å². The highest BCUT2D eigenvalue weighted by Gasteiger charge is 2.15. The molecule has 1 rings (SSSR count). The number of urea groups is 1. The number of hydrogen-bond acceptors (Lipinski definition) is 1. The summed E-state index contributed by atoms with van der Waals surface area (Å²) in [5.41, 5.74) is 0. The Morgan fingerprint density at radius 2 is 1.78 bits per heavy atom. The quantitative estimate of drug-likeness (QED) is 0.584. The summed E-state index contributed by atoms with van der Waals surface area (Å²) in [5, 5.41) is 2.79. The van der Waals surface area contributed by atoms with Crippen LogP contribution in [0.5, 0.6) is 0 Å². The summed E-state index contributed by atoms with van der Waals surface area (Å²) in [6.45, 7) is 3.85. The van der Waals surface area contributed by atoms with Gasteiger partial charge in [0.25, 0.3) is 0 Å². The van der Waals surface area contributed by atoms with Crippen molar-refractivity contribution in [1.82, 2.24) is 10.2 Å². The number of allylic oxidation sites excluding steroid dienone is 1. The molecule has 2 amide bonds. The first kappa shape index (κ1) is 15.1. The van der Waals surface area contributed by atoms with Crippen LogP contribution in [0.1, 0.15) is 64.7 Å². The minimum absolute atomic E-state index is 0.0437. The lowest BCUT2D eigenvalue weighted by Crippen LogP contribution is -2.22. The van der Waals surface area contributed by atoms with Crippen molar-refractivity contribution in [2.24, 2.45) is 0 Å². The molecule has 0 atom stereocenters. The number of carbonyl (C=O) groups excluding carboxylic acids is 1. The van der Waals surface area contributed by atoms with Crippen LogP contribution in [0.4, 0.5) is 4.79 Å². The van der Waals surface area contributed by atoms with Crippen molar-refractivity contribution < 1.29 is 4.79 Å². The van der Waals surface area contributed by atoms with Crippen LogP contribution in [0.25, 0.3) is 0 Å². The van der Waals surface area contributed by atoms with E-state index < -0.39 is 0 Å². The van der Waals surface area contributed by atoms with Gasteiger partial charge in [0.05, 0.1) is 0 Å². The molecule has 0 aromatic heterocycles. The molecule has 0 aromatic rings. The van der Waals surface area contributed by atoms with Gasteiger partial charge >= 0.3 is 6.03 Å². The molecule has 104 valence electrons. The Labute approximate surface area is 112 Å². The Morgan fingerprint density at radius 1 is 1.11 bits per heavy atom. The van der Waals surface area contributed by atoms with Gasteiger partial charge in [0.2, 0.25) is 0 Å². The van der Waals surface area contributed by atoms with E-state index in [0.29, 0.717) is 0 Å². The highest BCUT2D eigenvalue weighted by molar-refractivity contribution is 5.77. The average Bonchev–Trinajstić information content (AvgIpc) is 2.77. The van der Waals surface area contributed by atoms with Gasteiger partial charge in [-0.25, -0.2) is 4.79 Å². The van der Waals surface area contributed by atoms with E-state index >= 15 is 0 Å². The van der Waals surface area contributed by atoms with Gasteiger partial charge in [0, 0.05) is 19.3 Å². The molecule has 1 N–H and O–H groups in total. The van der Waals surface area contributed by atoms with E-state index in [0.717, 1.165) is 19.5 Å². The molecule has 0 aromatic carbocycles. The van der Waals surface area contributed by atoms with E-state index in [1.807, 2.05) is 6.20 Å². The topological polar surface area (TPSA) is 32.3 Å². The molecule has 1 aliphatic rings. The first-order valence-corrected chi connectivity index (χ1v) is 7.55. The molecule has 0 spiro atoms. The van der Waals surface area contributed by atoms with Crippen LogP contribution in [-0.4, -0.2) is 24.0 Å². The normalized spacial score (nSPS) is 15.6. The van der Waals surface area contributed by atoms with Crippen LogP contribution >= 0.6 is 0 Å². The zero-order valence-electron chi connectivity index (χ0n) is 11.8. The van der Waals surface area contributed by atoms with Crippen LogP contribution in [0.15, 0.2) is 12.3 Å². The lowest BCUT2D eigenvalue weighted by molar-refractivity contribution is 0.230. The van der Waals surface area contributed by atoms with Gasteiger partial charge in [0.1, 0.15) is 0 Å². The van der Waals surface area contributed by atoms with Crippen molar-refractivity contribution in [1.29, 1.82) is 0 Å². The van der Waals surface area contributed by atoms with Gasteiger partial charge in [0.15, 0.2) is 0 Å². The van der Waals surface area contributed by atoms with Crippen molar-refractivity contribution in [2.75, 3.05) is 13.1 Å². The van der Waals surface area contributed by atoms with Gasteiger partial charge in [-0.3, -0.25) is 4.90 Å². The highest BCUT2D eigenvalue weighted by atomic mass is 16.2. The Bertz CT molecular complexity index is 251. The van der Waals surface area contributed by atoms with E-state index in [4.69, 9.17) is 0 Å². The second-order valence-corrected chi connectivity index (χ2v) is 5.07. The monoisotopic (exact) mass is 252 g/mol. The van der Waals surface area contributed by atoms with Crippen LogP contribution in [0, 0.1) is 0 Å². The number of nitrogens with zero attached hydrogens (tertiary/aromatic N) is 1. The third-order valence-corrected chi connectivity index (χ3v) is 3.40. The van der Waals surface area contributed by atoms with Gasteiger partial charge in [-0.05, 0) is 12.8 Å². The molecule has 0 unspecified atom stereocenters. The summed E-state index contributed by atoms with van der Waals surface area (Å²) >= 11 is 0. The zero-order valence-corrected chi connectivity index (χ0v) is 11.8. The Hall–Kier alpha value is -0.990. The minimum atomic E-state index is 0.0437. The molecule has 0 radical (unpaired) electrons. The summed E-state index contributed by atoms with van der Waals surface area (Å²) in [5.74, 6) is 0. The number of rotatable bonds is 10. The number of carbonyl (C=O) groups is 1. The van der Waals surface area contributed by atoms with Gasteiger partial charge in [-0.1, -0.05) is 57.9 Å². The van der Waals surface area contributed by atoms with Crippen molar-refractivity contribution in [3.63, 3.8) is 0 Å². The van der Waals surface area contributed by atoms with Crippen molar-refractivity contribution in [2.45, 2.75) is 64.7 Å². The lowest BCUT2D eigenvalue weighted by Gasteiger charge is -2.06. The molecule has 1 saturated heterocycles. The van der Waals surface area contributed by atoms with Crippen LogP contribution in [0.3, 0.4) is 0 Å². The Balaban J connectivity index is 1.86. The third-order valence-electron chi connectivity index (χ3n) is 3.40. The molecule has 1 heterocycles. The zero-order chi connectivity index (χ0) is 13.1. The summed E-state index contributed by atoms with van der Waals surface area (Å²) in [6, 6.07) is 0.0437. The fourth-order valence-corrected chi connectivity index (χ4v) is 2.23. The lowest BCUT2D eigenvalue weighted by atomic mass is 10.1. The fourth-order valence-electron chi connectivity index (χ4n) is 2.23. The van der Waals surface area contributed by atoms with E-state index in [9.17, 15) is 4.79 Å². The SMILES string of the molecule is CCCCCCCCCCC=CN1CCNC1=O. The molecule has 1 aliphatic heterocycles. The molecule has 3 heteroatoms. The summed E-state index contributed by atoms with van der Waals surface area (Å²) in [6.07, 6.45) is 16.0. The Morgan fingerprint density at radius 3 is 2.39 bits per heavy atom. The molecular weight excluding hydrogens is 224 g/mol. The standard InChI is InChI=1S/C15H28N2O/c1-2-3-4-5-6-7-8-9-10-11-13-17-14-12-16-15(17)18/h11,13H,2-10,12,14H2,1H3,(H,16,18). The average molecular weight is 252 g/mol. The number of nitrogens with one attached hydrogen (secondary N) is 1. The van der Waals surface area contributed by atoms with Crippen LogP contribution in [0.2, 0.25) is 0 Å². The summed E-state index contributed by atoms with van der Waals surface area (Å²) < 4.78 is 0.